The molecule has 92 valence electrons. The van der Waals surface area contributed by atoms with E-state index in [1.54, 1.807) is 0 Å². The Balaban J connectivity index is 2.81. The number of nitrogens with zero attached hydrogens (tertiary/aromatic N) is 2. The molecule has 0 spiro atoms. The third-order valence-electron chi connectivity index (χ3n) is 2.32. The minimum atomic E-state index is -3.79. The fraction of sp³-hybridized carbons (Fsp3) is 0.875. The van der Waals surface area contributed by atoms with Gasteiger partial charge in [0.05, 0.1) is 12.0 Å². The lowest BCUT2D eigenvalue weighted by Gasteiger charge is -2.28. The molecule has 1 aliphatic heterocycles. The Morgan fingerprint density at radius 1 is 1.38 bits per heavy atom. The van der Waals surface area contributed by atoms with Crippen LogP contribution in [0.25, 0.3) is 0 Å². The van der Waals surface area contributed by atoms with Crippen LogP contribution in [0.1, 0.15) is 12.8 Å². The van der Waals surface area contributed by atoms with E-state index < -0.39 is 24.9 Å². The van der Waals surface area contributed by atoms with Crippen LogP contribution in [0.2, 0.25) is 0 Å². The van der Waals surface area contributed by atoms with Crippen molar-refractivity contribution in [3.63, 3.8) is 0 Å². The molecule has 0 aromatic carbocycles. The van der Waals surface area contributed by atoms with Crippen molar-refractivity contribution in [2.24, 2.45) is 5.92 Å². The van der Waals surface area contributed by atoms with Crippen LogP contribution in [-0.4, -0.2) is 45.6 Å². The summed E-state index contributed by atoms with van der Waals surface area (Å²) in [6, 6.07) is 2.01. The third kappa shape index (κ3) is 3.73. The maximum Gasteiger partial charge on any atom is 0.228 e. The molecular weight excluding hydrogens is 252 g/mol. The highest BCUT2D eigenvalue weighted by atomic mass is 32.3. The molecule has 1 atom stereocenters. The van der Waals surface area contributed by atoms with Gasteiger partial charge in [0.1, 0.15) is 0 Å². The molecule has 1 rings (SSSR count). The predicted octanol–water partition coefficient (Wildman–Crippen LogP) is -0.446. The summed E-state index contributed by atoms with van der Waals surface area (Å²) < 4.78 is 46.4. The number of nitriles is 1. The lowest BCUT2D eigenvalue weighted by atomic mass is 10.0. The third-order valence-corrected chi connectivity index (χ3v) is 6.35. The fourth-order valence-corrected chi connectivity index (χ4v) is 5.22. The van der Waals surface area contributed by atoms with Gasteiger partial charge < -0.3 is 0 Å². The number of piperidine rings is 1. The molecular formula is C8H14N2O4S2. The van der Waals surface area contributed by atoms with Gasteiger partial charge in [-0.2, -0.15) is 9.57 Å². The zero-order chi connectivity index (χ0) is 12.4. The average molecular weight is 266 g/mol. The van der Waals surface area contributed by atoms with Crippen LogP contribution < -0.4 is 0 Å². The van der Waals surface area contributed by atoms with E-state index in [4.69, 9.17) is 5.26 Å². The number of hydrogen-bond donors (Lipinski definition) is 0. The van der Waals surface area contributed by atoms with Crippen LogP contribution in [0, 0.1) is 17.2 Å². The minimum Gasteiger partial charge on any atom is -0.228 e. The molecule has 0 radical (unpaired) electrons. The van der Waals surface area contributed by atoms with Gasteiger partial charge in [0.15, 0.2) is 14.9 Å². The van der Waals surface area contributed by atoms with Gasteiger partial charge in [0.2, 0.25) is 10.0 Å². The number of sulfonamides is 1. The van der Waals surface area contributed by atoms with E-state index in [1.165, 1.54) is 0 Å². The molecule has 0 amide bonds. The molecule has 1 saturated heterocycles. The van der Waals surface area contributed by atoms with E-state index in [1.807, 2.05) is 6.07 Å². The summed E-state index contributed by atoms with van der Waals surface area (Å²) in [5, 5.41) is 7.84. The van der Waals surface area contributed by atoms with Gasteiger partial charge in [-0.25, -0.2) is 16.8 Å². The van der Waals surface area contributed by atoms with Crippen molar-refractivity contribution in [1.29, 1.82) is 5.26 Å². The maximum absolute atomic E-state index is 11.7. The highest BCUT2D eigenvalue weighted by Crippen LogP contribution is 2.19. The summed E-state index contributed by atoms with van der Waals surface area (Å²) in [6.45, 7) is 0.407. The molecule has 0 aliphatic carbocycles. The predicted molar refractivity (Wildman–Crippen MR) is 58.5 cm³/mol. The van der Waals surface area contributed by atoms with Crippen LogP contribution in [0.4, 0.5) is 0 Å². The lowest BCUT2D eigenvalue weighted by Crippen LogP contribution is -2.41. The summed E-state index contributed by atoms with van der Waals surface area (Å²) in [5.41, 5.74) is 0. The monoisotopic (exact) mass is 266 g/mol. The Kier molecular flexibility index (Phi) is 3.93. The summed E-state index contributed by atoms with van der Waals surface area (Å²) in [6.07, 6.45) is 2.15. The van der Waals surface area contributed by atoms with Crippen LogP contribution in [0.5, 0.6) is 0 Å². The fourth-order valence-electron chi connectivity index (χ4n) is 1.65. The number of rotatable bonds is 3. The molecule has 0 bridgehead atoms. The average Bonchev–Trinajstić information content (AvgIpc) is 2.14. The lowest BCUT2D eigenvalue weighted by molar-refractivity contribution is 0.306. The molecule has 8 heteroatoms. The Morgan fingerprint density at radius 3 is 2.50 bits per heavy atom. The molecule has 0 N–H and O–H groups in total. The van der Waals surface area contributed by atoms with Crippen molar-refractivity contribution in [3.05, 3.63) is 0 Å². The molecule has 0 aromatic heterocycles. The Hall–Kier alpha value is -0.650. The van der Waals surface area contributed by atoms with E-state index in [0.29, 0.717) is 19.4 Å². The highest BCUT2D eigenvalue weighted by Gasteiger charge is 2.31. The normalized spacial score (nSPS) is 23.9. The summed E-state index contributed by atoms with van der Waals surface area (Å²) >= 11 is 0. The SMILES string of the molecule is CS(=O)(=O)CS(=O)(=O)N1CCCC(C#N)C1. The van der Waals surface area contributed by atoms with Crippen molar-refractivity contribution >= 4 is 19.9 Å². The first-order chi connectivity index (χ1) is 7.24. The van der Waals surface area contributed by atoms with Gasteiger partial charge >= 0.3 is 0 Å². The molecule has 0 aromatic rings. The maximum atomic E-state index is 11.7. The van der Waals surface area contributed by atoms with Crippen molar-refractivity contribution in [2.45, 2.75) is 12.8 Å². The van der Waals surface area contributed by atoms with E-state index in [-0.39, 0.29) is 12.5 Å². The summed E-state index contributed by atoms with van der Waals surface area (Å²) in [5.74, 6) is -0.330. The molecule has 1 unspecified atom stereocenters. The Labute approximate surface area is 95.8 Å². The standard InChI is InChI=1S/C8H14N2O4S2/c1-15(11,12)7-16(13,14)10-4-2-3-8(5-9)6-10/h8H,2-4,6-7H2,1H3. The van der Waals surface area contributed by atoms with Gasteiger partial charge in [0.25, 0.3) is 0 Å². The zero-order valence-corrected chi connectivity index (χ0v) is 10.6. The molecule has 0 saturated carbocycles. The van der Waals surface area contributed by atoms with Gasteiger partial charge in [-0.05, 0) is 12.8 Å². The smallest absolute Gasteiger partial charge is 0.228 e. The molecule has 1 aliphatic rings. The van der Waals surface area contributed by atoms with Gasteiger partial charge in [0, 0.05) is 19.3 Å². The molecule has 16 heavy (non-hydrogen) atoms. The van der Waals surface area contributed by atoms with Gasteiger partial charge in [-0.1, -0.05) is 0 Å². The van der Waals surface area contributed by atoms with Crippen LogP contribution >= 0.6 is 0 Å². The highest BCUT2D eigenvalue weighted by molar-refractivity contribution is 8.06. The van der Waals surface area contributed by atoms with E-state index in [9.17, 15) is 16.8 Å². The summed E-state index contributed by atoms with van der Waals surface area (Å²) in [4.78, 5) is 0. The van der Waals surface area contributed by atoms with Crippen molar-refractivity contribution in [3.8, 4) is 6.07 Å². The second-order valence-corrected chi connectivity index (χ2v) is 8.46. The van der Waals surface area contributed by atoms with E-state index in [2.05, 4.69) is 0 Å². The topological polar surface area (TPSA) is 95.3 Å². The van der Waals surface area contributed by atoms with Gasteiger partial charge in [-0.3, -0.25) is 0 Å². The van der Waals surface area contributed by atoms with Crippen molar-refractivity contribution in [1.82, 2.24) is 4.31 Å². The van der Waals surface area contributed by atoms with E-state index >= 15 is 0 Å². The molecule has 1 heterocycles. The minimum absolute atomic E-state index is 0.106. The number of hydrogen-bond acceptors (Lipinski definition) is 5. The van der Waals surface area contributed by atoms with Crippen LogP contribution in [-0.2, 0) is 19.9 Å². The van der Waals surface area contributed by atoms with Crippen LogP contribution in [0.15, 0.2) is 0 Å². The zero-order valence-electron chi connectivity index (χ0n) is 8.96. The second kappa shape index (κ2) is 4.69. The van der Waals surface area contributed by atoms with Crippen molar-refractivity contribution in [2.75, 3.05) is 24.4 Å². The Morgan fingerprint density at radius 2 is 2.00 bits per heavy atom. The van der Waals surface area contributed by atoms with Crippen molar-refractivity contribution < 1.29 is 16.8 Å². The second-order valence-electron chi connectivity index (χ2n) is 3.98. The van der Waals surface area contributed by atoms with E-state index in [0.717, 1.165) is 10.6 Å². The van der Waals surface area contributed by atoms with Gasteiger partial charge in [-0.15, -0.1) is 0 Å². The summed E-state index contributed by atoms with van der Waals surface area (Å²) in [7, 11) is -7.36. The quantitative estimate of drug-likeness (QED) is 0.689. The first-order valence-corrected chi connectivity index (χ1v) is 8.47. The first kappa shape index (κ1) is 13.4. The van der Waals surface area contributed by atoms with Crippen LogP contribution in [0.3, 0.4) is 0 Å². The largest absolute Gasteiger partial charge is 0.228 e. The Bertz CT molecular complexity index is 489. The molecule has 6 nitrogen and oxygen atoms in total. The molecule has 1 fully saturated rings. The first-order valence-electron chi connectivity index (χ1n) is 4.80. The number of sulfone groups is 1.